The van der Waals surface area contributed by atoms with Crippen molar-refractivity contribution in [2.24, 2.45) is 0 Å². The van der Waals surface area contributed by atoms with Gasteiger partial charge in [-0.25, -0.2) is 8.78 Å². The van der Waals surface area contributed by atoms with Crippen molar-refractivity contribution in [3.8, 4) is 0 Å². The van der Waals surface area contributed by atoms with E-state index in [1.807, 2.05) is 13.8 Å². The maximum atomic E-state index is 12.0. The van der Waals surface area contributed by atoms with Gasteiger partial charge in [0.2, 0.25) is 0 Å². The Morgan fingerprint density at radius 3 is 1.92 bits per heavy atom. The molecule has 0 saturated carbocycles. The summed E-state index contributed by atoms with van der Waals surface area (Å²) < 4.78 is 24.1. The number of rotatable bonds is 1. The van der Waals surface area contributed by atoms with Gasteiger partial charge in [0.25, 0.3) is 6.43 Å². The van der Waals surface area contributed by atoms with Crippen molar-refractivity contribution in [2.45, 2.75) is 27.2 Å². The number of hydrogen-bond donors (Lipinski definition) is 0. The summed E-state index contributed by atoms with van der Waals surface area (Å²) in [7, 11) is 0. The molecule has 1 aromatic carbocycles. The molecular weight excluding hydrogens is 158 g/mol. The molecule has 0 amide bonds. The molecule has 0 aliphatic carbocycles. The van der Waals surface area contributed by atoms with Gasteiger partial charge in [-0.1, -0.05) is 38.1 Å². The molecule has 0 atom stereocenters. The van der Waals surface area contributed by atoms with Gasteiger partial charge in [0, 0.05) is 5.56 Å². The van der Waals surface area contributed by atoms with Crippen molar-refractivity contribution in [3.63, 3.8) is 0 Å². The fourth-order valence-corrected chi connectivity index (χ4v) is 0.832. The van der Waals surface area contributed by atoms with E-state index in [2.05, 4.69) is 0 Å². The molecule has 0 spiro atoms. The average molecular weight is 172 g/mol. The molecule has 0 aliphatic heterocycles. The van der Waals surface area contributed by atoms with Crippen LogP contribution in [0, 0.1) is 6.92 Å². The maximum Gasteiger partial charge on any atom is 0.264 e. The molecule has 0 heterocycles. The number of aryl methyl sites for hydroxylation is 1. The summed E-state index contributed by atoms with van der Waals surface area (Å²) in [6.07, 6.45) is -2.35. The molecule has 1 rings (SSSR count). The van der Waals surface area contributed by atoms with Gasteiger partial charge < -0.3 is 0 Å². The first-order valence-corrected chi connectivity index (χ1v) is 4.05. The Labute approximate surface area is 72.2 Å². The highest BCUT2D eigenvalue weighted by molar-refractivity contribution is 5.26. The predicted molar refractivity (Wildman–Crippen MR) is 47.5 cm³/mol. The summed E-state index contributed by atoms with van der Waals surface area (Å²) >= 11 is 0. The van der Waals surface area contributed by atoms with Crippen molar-refractivity contribution >= 4 is 0 Å². The lowest BCUT2D eigenvalue weighted by molar-refractivity contribution is 0.150. The van der Waals surface area contributed by atoms with E-state index in [1.165, 1.54) is 6.07 Å². The van der Waals surface area contributed by atoms with Crippen LogP contribution in [-0.4, -0.2) is 0 Å². The van der Waals surface area contributed by atoms with E-state index in [9.17, 15) is 8.78 Å². The molecular formula is C10H14F2. The lowest BCUT2D eigenvalue weighted by Crippen LogP contribution is -1.86. The molecule has 12 heavy (non-hydrogen) atoms. The Hall–Kier alpha value is -0.920. The highest BCUT2D eigenvalue weighted by Crippen LogP contribution is 2.21. The first kappa shape index (κ1) is 11.1. The van der Waals surface area contributed by atoms with Gasteiger partial charge in [-0.3, -0.25) is 0 Å². The summed E-state index contributed by atoms with van der Waals surface area (Å²) in [6, 6.07) is 6.50. The lowest BCUT2D eigenvalue weighted by Gasteiger charge is -2.01. The quantitative estimate of drug-likeness (QED) is 0.601. The van der Waals surface area contributed by atoms with Crippen LogP contribution in [0.25, 0.3) is 0 Å². The fourth-order valence-electron chi connectivity index (χ4n) is 0.832. The highest BCUT2D eigenvalue weighted by Gasteiger charge is 2.07. The predicted octanol–water partition coefficient (Wildman–Crippen LogP) is 3.96. The molecule has 0 N–H and O–H groups in total. The van der Waals surface area contributed by atoms with Crippen LogP contribution >= 0.6 is 0 Å². The first-order valence-electron chi connectivity index (χ1n) is 4.05. The van der Waals surface area contributed by atoms with Gasteiger partial charge in [0.15, 0.2) is 0 Å². The number of benzene rings is 1. The van der Waals surface area contributed by atoms with Crippen LogP contribution in [0.15, 0.2) is 24.3 Å². The van der Waals surface area contributed by atoms with Crippen molar-refractivity contribution in [1.29, 1.82) is 0 Å². The largest absolute Gasteiger partial charge is 0.264 e. The molecule has 0 nitrogen and oxygen atoms in total. The SMILES string of the molecule is CC.Cc1ccccc1C(F)F. The number of halogens is 2. The molecule has 0 aliphatic rings. The lowest BCUT2D eigenvalue weighted by atomic mass is 10.1. The maximum absolute atomic E-state index is 12.0. The summed E-state index contributed by atoms with van der Waals surface area (Å²) in [6.45, 7) is 5.68. The van der Waals surface area contributed by atoms with Gasteiger partial charge in [-0.15, -0.1) is 0 Å². The van der Waals surface area contributed by atoms with Crippen LogP contribution in [0.1, 0.15) is 31.4 Å². The van der Waals surface area contributed by atoms with Crippen LogP contribution in [0.4, 0.5) is 8.78 Å². The van der Waals surface area contributed by atoms with Crippen molar-refractivity contribution in [1.82, 2.24) is 0 Å². The van der Waals surface area contributed by atoms with E-state index in [0.717, 1.165) is 0 Å². The number of hydrogen-bond acceptors (Lipinski definition) is 0. The van der Waals surface area contributed by atoms with E-state index in [0.29, 0.717) is 5.56 Å². The topological polar surface area (TPSA) is 0 Å². The van der Waals surface area contributed by atoms with Crippen LogP contribution < -0.4 is 0 Å². The zero-order valence-corrected chi connectivity index (χ0v) is 7.64. The fraction of sp³-hybridized carbons (Fsp3) is 0.400. The zero-order valence-electron chi connectivity index (χ0n) is 7.64. The third-order valence-electron chi connectivity index (χ3n) is 1.42. The monoisotopic (exact) mass is 172 g/mol. The second-order valence-corrected chi connectivity index (χ2v) is 2.16. The molecule has 0 aromatic heterocycles. The molecule has 0 fully saturated rings. The van der Waals surface area contributed by atoms with Gasteiger partial charge in [0.1, 0.15) is 0 Å². The van der Waals surface area contributed by atoms with E-state index in [-0.39, 0.29) is 5.56 Å². The highest BCUT2D eigenvalue weighted by atomic mass is 19.3. The smallest absolute Gasteiger partial charge is 0.205 e. The average Bonchev–Trinajstić information content (AvgIpc) is 2.08. The zero-order chi connectivity index (χ0) is 9.56. The van der Waals surface area contributed by atoms with E-state index < -0.39 is 6.43 Å². The molecule has 2 heteroatoms. The van der Waals surface area contributed by atoms with Gasteiger partial charge >= 0.3 is 0 Å². The first-order chi connectivity index (χ1) is 5.72. The summed E-state index contributed by atoms with van der Waals surface area (Å²) in [5, 5.41) is 0. The standard InChI is InChI=1S/C8H8F2.C2H6/c1-6-4-2-3-5-7(6)8(9)10;1-2/h2-5,8H,1H3;1-2H3. The van der Waals surface area contributed by atoms with Crippen molar-refractivity contribution < 1.29 is 8.78 Å². The molecule has 0 bridgehead atoms. The van der Waals surface area contributed by atoms with Crippen molar-refractivity contribution in [2.75, 3.05) is 0 Å². The minimum atomic E-state index is -2.35. The summed E-state index contributed by atoms with van der Waals surface area (Å²) in [4.78, 5) is 0. The summed E-state index contributed by atoms with van der Waals surface area (Å²) in [5.74, 6) is 0. The normalized spacial score (nSPS) is 9.17. The Bertz CT molecular complexity index is 219. The Morgan fingerprint density at radius 2 is 1.58 bits per heavy atom. The van der Waals surface area contributed by atoms with Crippen LogP contribution in [0.2, 0.25) is 0 Å². The van der Waals surface area contributed by atoms with E-state index in [4.69, 9.17) is 0 Å². The molecule has 1 aromatic rings. The van der Waals surface area contributed by atoms with Crippen molar-refractivity contribution in [3.05, 3.63) is 35.4 Å². The summed E-state index contributed by atoms with van der Waals surface area (Å²) in [5.41, 5.74) is 0.778. The molecule has 0 radical (unpaired) electrons. The second-order valence-electron chi connectivity index (χ2n) is 2.16. The van der Waals surface area contributed by atoms with Crippen LogP contribution in [0.5, 0.6) is 0 Å². The second kappa shape index (κ2) is 5.70. The minimum Gasteiger partial charge on any atom is -0.205 e. The minimum absolute atomic E-state index is 0.127. The molecule has 0 saturated heterocycles. The van der Waals surface area contributed by atoms with E-state index >= 15 is 0 Å². The van der Waals surface area contributed by atoms with Gasteiger partial charge in [-0.05, 0) is 12.5 Å². The van der Waals surface area contributed by atoms with Gasteiger partial charge in [-0.2, -0.15) is 0 Å². The molecule has 68 valence electrons. The van der Waals surface area contributed by atoms with Crippen LogP contribution in [-0.2, 0) is 0 Å². The Morgan fingerprint density at radius 1 is 1.08 bits per heavy atom. The third kappa shape index (κ3) is 2.99. The number of alkyl halides is 2. The molecule has 0 unspecified atom stereocenters. The Balaban J connectivity index is 0.000000561. The Kier molecular flexibility index (Phi) is 5.26. The van der Waals surface area contributed by atoms with Crippen LogP contribution in [0.3, 0.4) is 0 Å². The third-order valence-corrected chi connectivity index (χ3v) is 1.42. The van der Waals surface area contributed by atoms with E-state index in [1.54, 1.807) is 25.1 Å². The van der Waals surface area contributed by atoms with Gasteiger partial charge in [0.05, 0.1) is 0 Å².